The van der Waals surface area contributed by atoms with Crippen LogP contribution in [-0.4, -0.2) is 39.6 Å². The molecule has 0 radical (unpaired) electrons. The molecule has 1 heterocycles. The Balaban J connectivity index is 2.06. The number of nitrogens with zero attached hydrogens (tertiary/aromatic N) is 1. The van der Waals surface area contributed by atoms with E-state index in [1.165, 1.54) is 22.7 Å². The molecule has 1 aliphatic rings. The summed E-state index contributed by atoms with van der Waals surface area (Å²) in [5.41, 5.74) is 2.06. The minimum Gasteiger partial charge on any atom is -0.480 e. The van der Waals surface area contributed by atoms with Crippen LogP contribution in [0.3, 0.4) is 0 Å². The van der Waals surface area contributed by atoms with Crippen molar-refractivity contribution in [3.8, 4) is 0 Å². The van der Waals surface area contributed by atoms with Crippen LogP contribution in [0, 0.1) is 6.92 Å². The van der Waals surface area contributed by atoms with Gasteiger partial charge in [0.05, 0.1) is 5.88 Å². The Morgan fingerprint density at radius 1 is 1.47 bits per heavy atom. The number of aliphatic carboxylic acids is 1. The van der Waals surface area contributed by atoms with Crippen molar-refractivity contribution in [1.29, 1.82) is 0 Å². The molecule has 0 saturated carbocycles. The Bertz CT molecular complexity index is 527. The maximum Gasteiger partial charge on any atom is 0.327 e. The standard InChI is InChI=1S/C14H15NO3S/c1-10-3-2-4-11(7-10)5-6-13(16)15-9-19-8-12(15)14(17)18/h2-7,12H,8-9H2,1H3,(H,17,18)/b6-5+/t12-/m0/s1. The summed E-state index contributed by atoms with van der Waals surface area (Å²) in [4.78, 5) is 24.4. The summed E-state index contributed by atoms with van der Waals surface area (Å²) in [5, 5.41) is 9.02. The van der Waals surface area contributed by atoms with Gasteiger partial charge in [-0.3, -0.25) is 4.79 Å². The van der Waals surface area contributed by atoms with Crippen molar-refractivity contribution in [3.05, 3.63) is 41.5 Å². The molecule has 1 aliphatic heterocycles. The van der Waals surface area contributed by atoms with Crippen LogP contribution in [0.15, 0.2) is 30.3 Å². The first-order chi connectivity index (χ1) is 9.08. The highest BCUT2D eigenvalue weighted by Crippen LogP contribution is 2.21. The second-order valence-corrected chi connectivity index (χ2v) is 5.41. The van der Waals surface area contributed by atoms with E-state index in [0.717, 1.165) is 11.1 Å². The number of amides is 1. The van der Waals surface area contributed by atoms with Crippen LogP contribution < -0.4 is 0 Å². The maximum atomic E-state index is 12.0. The highest BCUT2D eigenvalue weighted by atomic mass is 32.2. The first-order valence-electron chi connectivity index (χ1n) is 5.94. The molecule has 0 unspecified atom stereocenters. The molecule has 4 nitrogen and oxygen atoms in total. The molecule has 100 valence electrons. The number of carboxylic acid groups (broad SMARTS) is 1. The average molecular weight is 277 g/mol. The van der Waals surface area contributed by atoms with Gasteiger partial charge in [0.1, 0.15) is 6.04 Å². The lowest BCUT2D eigenvalue weighted by atomic mass is 10.1. The Labute approximate surface area is 116 Å². The maximum absolute atomic E-state index is 12.0. The van der Waals surface area contributed by atoms with Crippen molar-refractivity contribution in [2.75, 3.05) is 11.6 Å². The molecule has 19 heavy (non-hydrogen) atoms. The van der Waals surface area contributed by atoms with Gasteiger partial charge in [0.25, 0.3) is 0 Å². The predicted octanol–water partition coefficient (Wildman–Crippen LogP) is 1.99. The van der Waals surface area contributed by atoms with Crippen molar-refractivity contribution < 1.29 is 14.7 Å². The largest absolute Gasteiger partial charge is 0.480 e. The fourth-order valence-corrected chi connectivity index (χ4v) is 3.06. The lowest BCUT2D eigenvalue weighted by Gasteiger charge is -2.18. The van der Waals surface area contributed by atoms with Crippen LogP contribution in [0.4, 0.5) is 0 Å². The number of carbonyl (C=O) groups excluding carboxylic acids is 1. The van der Waals surface area contributed by atoms with Crippen molar-refractivity contribution >= 4 is 29.7 Å². The van der Waals surface area contributed by atoms with Crippen molar-refractivity contribution in [2.24, 2.45) is 0 Å². The van der Waals surface area contributed by atoms with Gasteiger partial charge in [0, 0.05) is 11.8 Å². The average Bonchev–Trinajstić information content (AvgIpc) is 2.85. The monoisotopic (exact) mass is 277 g/mol. The molecular formula is C14H15NO3S. The normalized spacial score (nSPS) is 19.0. The topological polar surface area (TPSA) is 57.6 Å². The summed E-state index contributed by atoms with van der Waals surface area (Å²) in [6.45, 7) is 1.98. The van der Waals surface area contributed by atoms with E-state index in [1.54, 1.807) is 6.08 Å². The van der Waals surface area contributed by atoms with Gasteiger partial charge in [-0.25, -0.2) is 4.79 Å². The molecule has 2 rings (SSSR count). The number of aryl methyl sites for hydroxylation is 1. The molecular weight excluding hydrogens is 262 g/mol. The van der Waals surface area contributed by atoms with Crippen molar-refractivity contribution in [2.45, 2.75) is 13.0 Å². The van der Waals surface area contributed by atoms with Gasteiger partial charge in [-0.05, 0) is 18.6 Å². The van der Waals surface area contributed by atoms with Crippen LogP contribution in [0.2, 0.25) is 0 Å². The lowest BCUT2D eigenvalue weighted by molar-refractivity contribution is -0.146. The number of thioether (sulfide) groups is 1. The second kappa shape index (κ2) is 5.93. The number of rotatable bonds is 3. The zero-order valence-electron chi connectivity index (χ0n) is 10.6. The van der Waals surface area contributed by atoms with Crippen LogP contribution in [0.25, 0.3) is 6.08 Å². The quantitative estimate of drug-likeness (QED) is 0.858. The van der Waals surface area contributed by atoms with E-state index in [2.05, 4.69) is 0 Å². The van der Waals surface area contributed by atoms with E-state index in [1.807, 2.05) is 31.2 Å². The number of carboxylic acids is 1. The van der Waals surface area contributed by atoms with Crippen LogP contribution in [0.1, 0.15) is 11.1 Å². The summed E-state index contributed by atoms with van der Waals surface area (Å²) >= 11 is 1.46. The molecule has 1 fully saturated rings. The van der Waals surface area contributed by atoms with Gasteiger partial charge in [0.15, 0.2) is 0 Å². The second-order valence-electron chi connectivity index (χ2n) is 4.41. The zero-order chi connectivity index (χ0) is 13.8. The SMILES string of the molecule is Cc1cccc(/C=C/C(=O)N2CSC[C@H]2C(=O)O)c1. The van der Waals surface area contributed by atoms with Gasteiger partial charge in [-0.15, -0.1) is 11.8 Å². The van der Waals surface area contributed by atoms with Crippen LogP contribution in [-0.2, 0) is 9.59 Å². The van der Waals surface area contributed by atoms with E-state index < -0.39 is 12.0 Å². The molecule has 1 atom stereocenters. The molecule has 1 N–H and O–H groups in total. The van der Waals surface area contributed by atoms with E-state index in [4.69, 9.17) is 5.11 Å². The number of hydrogen-bond donors (Lipinski definition) is 1. The van der Waals surface area contributed by atoms with Crippen LogP contribution in [0.5, 0.6) is 0 Å². The smallest absolute Gasteiger partial charge is 0.327 e. The molecule has 5 heteroatoms. The van der Waals surface area contributed by atoms with Crippen molar-refractivity contribution in [1.82, 2.24) is 4.90 Å². The van der Waals surface area contributed by atoms with E-state index in [-0.39, 0.29) is 5.91 Å². The molecule has 1 saturated heterocycles. The molecule has 0 aliphatic carbocycles. The minimum absolute atomic E-state index is 0.251. The molecule has 0 spiro atoms. The third-order valence-electron chi connectivity index (χ3n) is 2.91. The molecule has 1 aromatic carbocycles. The molecule has 1 aromatic rings. The van der Waals surface area contributed by atoms with Crippen LogP contribution >= 0.6 is 11.8 Å². The van der Waals surface area contributed by atoms with Gasteiger partial charge in [-0.1, -0.05) is 29.8 Å². The fourth-order valence-electron chi connectivity index (χ4n) is 1.90. The van der Waals surface area contributed by atoms with Gasteiger partial charge in [0.2, 0.25) is 5.91 Å². The number of hydrogen-bond acceptors (Lipinski definition) is 3. The van der Waals surface area contributed by atoms with E-state index >= 15 is 0 Å². The highest BCUT2D eigenvalue weighted by Gasteiger charge is 2.33. The Kier molecular flexibility index (Phi) is 4.27. The highest BCUT2D eigenvalue weighted by molar-refractivity contribution is 7.99. The zero-order valence-corrected chi connectivity index (χ0v) is 11.4. The van der Waals surface area contributed by atoms with Gasteiger partial charge in [-0.2, -0.15) is 0 Å². The Morgan fingerprint density at radius 2 is 2.26 bits per heavy atom. The van der Waals surface area contributed by atoms with Gasteiger partial charge < -0.3 is 10.0 Å². The lowest BCUT2D eigenvalue weighted by Crippen LogP contribution is -2.40. The first kappa shape index (κ1) is 13.7. The summed E-state index contributed by atoms with van der Waals surface area (Å²) in [5.74, 6) is -0.297. The first-order valence-corrected chi connectivity index (χ1v) is 7.09. The molecule has 0 aromatic heterocycles. The minimum atomic E-state index is -0.942. The summed E-state index contributed by atoms with van der Waals surface area (Å²) in [7, 11) is 0. The predicted molar refractivity (Wildman–Crippen MR) is 75.8 cm³/mol. The molecule has 1 amide bonds. The van der Waals surface area contributed by atoms with Crippen molar-refractivity contribution in [3.63, 3.8) is 0 Å². The third-order valence-corrected chi connectivity index (χ3v) is 3.92. The summed E-state index contributed by atoms with van der Waals surface area (Å²) in [6, 6.07) is 7.07. The summed E-state index contributed by atoms with van der Waals surface area (Å²) in [6.07, 6.45) is 3.16. The Morgan fingerprint density at radius 3 is 2.95 bits per heavy atom. The third kappa shape index (κ3) is 3.38. The summed E-state index contributed by atoms with van der Waals surface area (Å²) < 4.78 is 0. The van der Waals surface area contributed by atoms with E-state index in [9.17, 15) is 9.59 Å². The Hall–Kier alpha value is -1.75. The molecule has 0 bridgehead atoms. The number of benzene rings is 1. The number of carbonyl (C=O) groups is 2. The van der Waals surface area contributed by atoms with Gasteiger partial charge >= 0.3 is 5.97 Å². The van der Waals surface area contributed by atoms with E-state index in [0.29, 0.717) is 11.6 Å². The fraction of sp³-hybridized carbons (Fsp3) is 0.286.